The van der Waals surface area contributed by atoms with Gasteiger partial charge in [0.15, 0.2) is 0 Å². The van der Waals surface area contributed by atoms with Crippen molar-refractivity contribution in [3.8, 4) is 0 Å². The molecule has 1 unspecified atom stereocenters. The predicted octanol–water partition coefficient (Wildman–Crippen LogP) is -0.859. The van der Waals surface area contributed by atoms with Crippen molar-refractivity contribution in [2.24, 2.45) is 5.73 Å². The Morgan fingerprint density at radius 1 is 1.44 bits per heavy atom. The van der Waals surface area contributed by atoms with Crippen LogP contribution in [0.25, 0.3) is 0 Å². The minimum absolute atomic E-state index is 0.000538. The lowest BCUT2D eigenvalue weighted by Gasteiger charge is -2.28. The maximum absolute atomic E-state index is 11.8. The highest BCUT2D eigenvalue weighted by Gasteiger charge is 2.34. The summed E-state index contributed by atoms with van der Waals surface area (Å²) in [5.41, 5.74) is 5.39. The maximum atomic E-state index is 11.8. The molecule has 0 aromatic carbocycles. The van der Waals surface area contributed by atoms with Crippen molar-refractivity contribution in [1.82, 2.24) is 10.2 Å². The van der Waals surface area contributed by atoms with Gasteiger partial charge in [0.05, 0.1) is 6.04 Å². The first-order valence-corrected chi connectivity index (χ1v) is 5.14. The van der Waals surface area contributed by atoms with Crippen LogP contribution in [0.1, 0.15) is 12.8 Å². The fraction of sp³-hybridized carbons (Fsp3) is 0.667. The van der Waals surface area contributed by atoms with Gasteiger partial charge in [0, 0.05) is 6.42 Å². The topological polar surface area (TPSA) is 92.5 Å². The number of hydrogen-bond donors (Lipinski definition) is 2. The smallest absolute Gasteiger partial charge is 0.345 e. The maximum Gasteiger partial charge on any atom is 0.405 e. The third kappa shape index (κ3) is 3.99. The zero-order chi connectivity index (χ0) is 13.9. The molecule has 0 radical (unpaired) electrons. The summed E-state index contributed by atoms with van der Waals surface area (Å²) in [7, 11) is 0. The minimum Gasteiger partial charge on any atom is -0.345 e. The van der Waals surface area contributed by atoms with Gasteiger partial charge in [0.2, 0.25) is 17.7 Å². The second kappa shape index (κ2) is 5.34. The molecule has 102 valence electrons. The van der Waals surface area contributed by atoms with E-state index in [1.165, 1.54) is 0 Å². The number of alkyl halides is 3. The molecule has 1 saturated heterocycles. The molecule has 1 aliphatic heterocycles. The van der Waals surface area contributed by atoms with Crippen molar-refractivity contribution in [3.05, 3.63) is 0 Å². The number of nitrogens with zero attached hydrogens (tertiary/aromatic N) is 1. The third-order valence-corrected chi connectivity index (χ3v) is 2.34. The molecule has 1 fully saturated rings. The summed E-state index contributed by atoms with van der Waals surface area (Å²) in [6.07, 6.45) is -4.36. The molecule has 1 aliphatic rings. The van der Waals surface area contributed by atoms with Crippen LogP contribution in [-0.2, 0) is 14.4 Å². The van der Waals surface area contributed by atoms with E-state index in [0.717, 1.165) is 0 Å². The Morgan fingerprint density at radius 2 is 2.06 bits per heavy atom. The number of halogens is 3. The number of rotatable bonds is 3. The fourth-order valence-electron chi connectivity index (χ4n) is 1.42. The van der Waals surface area contributed by atoms with Crippen molar-refractivity contribution in [1.29, 1.82) is 0 Å². The van der Waals surface area contributed by atoms with Crippen LogP contribution in [-0.4, -0.2) is 47.9 Å². The zero-order valence-electron chi connectivity index (χ0n) is 9.29. The molecule has 0 aromatic heterocycles. The van der Waals surface area contributed by atoms with Crippen LogP contribution >= 0.6 is 0 Å². The van der Waals surface area contributed by atoms with Crippen LogP contribution in [0, 0.1) is 0 Å². The van der Waals surface area contributed by atoms with Crippen LogP contribution in [0.4, 0.5) is 13.2 Å². The Labute approximate surface area is 100 Å². The molecular formula is C9H12F3N3O3. The summed E-state index contributed by atoms with van der Waals surface area (Å²) in [5.74, 6) is -2.40. The lowest BCUT2D eigenvalue weighted by molar-refractivity contribution is -0.153. The molecule has 1 rings (SSSR count). The van der Waals surface area contributed by atoms with Gasteiger partial charge in [0.1, 0.15) is 13.1 Å². The predicted molar refractivity (Wildman–Crippen MR) is 53.0 cm³/mol. The van der Waals surface area contributed by atoms with Gasteiger partial charge in [-0.1, -0.05) is 0 Å². The van der Waals surface area contributed by atoms with Crippen molar-refractivity contribution in [2.75, 3.05) is 13.1 Å². The minimum atomic E-state index is -4.54. The summed E-state index contributed by atoms with van der Waals surface area (Å²) in [4.78, 5) is 34.5. The van der Waals surface area contributed by atoms with Gasteiger partial charge in [-0.15, -0.1) is 0 Å². The summed E-state index contributed by atoms with van der Waals surface area (Å²) < 4.78 is 35.5. The molecule has 3 N–H and O–H groups in total. The number of carbonyl (C=O) groups is 3. The van der Waals surface area contributed by atoms with Crippen LogP contribution < -0.4 is 11.1 Å². The molecule has 0 bridgehead atoms. The largest absolute Gasteiger partial charge is 0.405 e. The summed E-state index contributed by atoms with van der Waals surface area (Å²) in [6.45, 7) is -2.24. The van der Waals surface area contributed by atoms with Gasteiger partial charge in [-0.05, 0) is 6.42 Å². The first-order valence-electron chi connectivity index (χ1n) is 5.14. The average Bonchev–Trinajstić information content (AvgIpc) is 2.26. The lowest BCUT2D eigenvalue weighted by Crippen LogP contribution is -2.54. The Bertz CT molecular complexity index is 370. The molecule has 0 spiro atoms. The number of imide groups is 1. The summed E-state index contributed by atoms with van der Waals surface area (Å²) in [6, 6.07) is -0.891. The van der Waals surface area contributed by atoms with Crippen molar-refractivity contribution in [3.63, 3.8) is 0 Å². The third-order valence-electron chi connectivity index (χ3n) is 2.34. The molecule has 9 heteroatoms. The number of nitrogens with two attached hydrogens (primary N) is 1. The van der Waals surface area contributed by atoms with E-state index in [9.17, 15) is 27.6 Å². The molecule has 6 nitrogen and oxygen atoms in total. The van der Waals surface area contributed by atoms with E-state index < -0.39 is 43.0 Å². The van der Waals surface area contributed by atoms with E-state index in [1.54, 1.807) is 5.32 Å². The number of carbonyl (C=O) groups excluding carboxylic acids is 3. The van der Waals surface area contributed by atoms with Gasteiger partial charge in [-0.2, -0.15) is 13.2 Å². The number of hydrogen-bond acceptors (Lipinski definition) is 4. The van der Waals surface area contributed by atoms with Gasteiger partial charge >= 0.3 is 6.18 Å². The molecule has 0 aliphatic carbocycles. The lowest BCUT2D eigenvalue weighted by atomic mass is 10.1. The van der Waals surface area contributed by atoms with E-state index in [2.05, 4.69) is 0 Å². The van der Waals surface area contributed by atoms with E-state index in [4.69, 9.17) is 5.73 Å². The molecule has 1 atom stereocenters. The Hall–Kier alpha value is -1.64. The summed E-state index contributed by atoms with van der Waals surface area (Å²) in [5, 5.41) is 1.57. The van der Waals surface area contributed by atoms with Crippen LogP contribution in [0.15, 0.2) is 0 Å². The van der Waals surface area contributed by atoms with Crippen molar-refractivity contribution in [2.45, 2.75) is 25.1 Å². The average molecular weight is 267 g/mol. The number of nitrogens with one attached hydrogen (secondary N) is 1. The number of amides is 3. The van der Waals surface area contributed by atoms with E-state index in [0.29, 0.717) is 4.90 Å². The fourth-order valence-corrected chi connectivity index (χ4v) is 1.42. The molecule has 0 saturated carbocycles. The van der Waals surface area contributed by atoms with Crippen molar-refractivity contribution >= 4 is 17.7 Å². The summed E-state index contributed by atoms with van der Waals surface area (Å²) >= 11 is 0. The second-order valence-corrected chi connectivity index (χ2v) is 3.86. The van der Waals surface area contributed by atoms with Crippen LogP contribution in [0.2, 0.25) is 0 Å². The number of piperidine rings is 1. The first kappa shape index (κ1) is 14.4. The SMILES string of the molecule is NC1CCC(=O)N(CC(=O)NCC(F)(F)F)C1=O. The molecular weight excluding hydrogens is 255 g/mol. The highest BCUT2D eigenvalue weighted by molar-refractivity contribution is 6.03. The van der Waals surface area contributed by atoms with Crippen LogP contribution in [0.5, 0.6) is 0 Å². The van der Waals surface area contributed by atoms with E-state index in [1.807, 2.05) is 0 Å². The van der Waals surface area contributed by atoms with Gasteiger partial charge in [-0.3, -0.25) is 19.3 Å². The quantitative estimate of drug-likeness (QED) is 0.651. The molecule has 18 heavy (non-hydrogen) atoms. The molecule has 1 heterocycles. The number of likely N-dealkylation sites (tertiary alicyclic amines) is 1. The zero-order valence-corrected chi connectivity index (χ0v) is 9.29. The van der Waals surface area contributed by atoms with E-state index in [-0.39, 0.29) is 12.8 Å². The highest BCUT2D eigenvalue weighted by Crippen LogP contribution is 2.13. The van der Waals surface area contributed by atoms with Gasteiger partial charge in [0.25, 0.3) is 0 Å². The molecule has 0 aromatic rings. The Morgan fingerprint density at radius 3 is 2.61 bits per heavy atom. The highest BCUT2D eigenvalue weighted by atomic mass is 19.4. The molecule has 3 amide bonds. The Kier molecular flexibility index (Phi) is 4.28. The first-order chi connectivity index (χ1) is 8.20. The Balaban J connectivity index is 2.52. The monoisotopic (exact) mass is 267 g/mol. The van der Waals surface area contributed by atoms with Gasteiger partial charge in [-0.25, -0.2) is 0 Å². The second-order valence-electron chi connectivity index (χ2n) is 3.86. The standard InChI is InChI=1S/C9H12F3N3O3/c10-9(11,12)4-14-6(16)3-15-7(17)2-1-5(13)8(15)18/h5H,1-4,13H2,(H,14,16). The van der Waals surface area contributed by atoms with Crippen LogP contribution in [0.3, 0.4) is 0 Å². The van der Waals surface area contributed by atoms with E-state index >= 15 is 0 Å². The van der Waals surface area contributed by atoms with Gasteiger partial charge < -0.3 is 11.1 Å². The normalized spacial score (nSPS) is 21.1. The van der Waals surface area contributed by atoms with Crippen molar-refractivity contribution < 1.29 is 27.6 Å².